The minimum Gasteiger partial charge on any atom is -0.369 e. The third kappa shape index (κ3) is 2.13. The van der Waals surface area contributed by atoms with Crippen molar-refractivity contribution in [1.29, 1.82) is 0 Å². The molecule has 0 radical (unpaired) electrons. The third-order valence-corrected chi connectivity index (χ3v) is 4.72. The number of benzene rings is 1. The van der Waals surface area contributed by atoms with Crippen LogP contribution in [0.3, 0.4) is 0 Å². The maximum absolute atomic E-state index is 6.34. The van der Waals surface area contributed by atoms with Crippen molar-refractivity contribution >= 4 is 49.6 Å². The zero-order chi connectivity index (χ0) is 11.7. The first-order chi connectivity index (χ1) is 8.34. The van der Waals surface area contributed by atoms with Gasteiger partial charge in [0.1, 0.15) is 5.00 Å². The molecule has 2 aromatic heterocycles. The molecule has 0 spiro atoms. The molecular weight excluding hydrogens is 274 g/mol. The van der Waals surface area contributed by atoms with E-state index < -0.39 is 0 Å². The summed E-state index contributed by atoms with van der Waals surface area (Å²) in [6.07, 6.45) is 1.71. The van der Waals surface area contributed by atoms with Crippen molar-refractivity contribution in [2.75, 3.05) is 5.32 Å². The van der Waals surface area contributed by atoms with Crippen molar-refractivity contribution in [3.05, 3.63) is 40.4 Å². The van der Waals surface area contributed by atoms with Crippen LogP contribution in [0.25, 0.3) is 10.1 Å². The lowest BCUT2D eigenvalue weighted by atomic mass is 10.2. The first-order valence-electron chi connectivity index (χ1n) is 5.02. The van der Waals surface area contributed by atoms with Crippen LogP contribution in [0.4, 0.5) is 5.00 Å². The maximum Gasteiger partial charge on any atom is 0.130 e. The van der Waals surface area contributed by atoms with Gasteiger partial charge in [0, 0.05) is 26.5 Å². The Morgan fingerprint density at radius 1 is 1.29 bits per heavy atom. The lowest BCUT2D eigenvalue weighted by Gasteiger charge is -1.99. The summed E-state index contributed by atoms with van der Waals surface area (Å²) in [5.41, 5.74) is 0. The second-order valence-corrected chi connectivity index (χ2v) is 5.77. The fraction of sp³-hybridized carbons (Fsp3) is 0.0909. The number of fused-ring (bicyclic) bond motifs is 1. The van der Waals surface area contributed by atoms with Gasteiger partial charge in [0.25, 0.3) is 0 Å². The predicted molar refractivity (Wildman–Crippen MR) is 74.1 cm³/mol. The van der Waals surface area contributed by atoms with E-state index >= 15 is 0 Å². The van der Waals surface area contributed by atoms with E-state index in [1.165, 1.54) is 16.2 Å². The van der Waals surface area contributed by atoms with Crippen LogP contribution in [-0.2, 0) is 6.54 Å². The molecule has 0 saturated heterocycles. The molecule has 0 bridgehead atoms. The molecule has 6 heteroatoms. The fourth-order valence-corrected chi connectivity index (χ4v) is 3.44. The van der Waals surface area contributed by atoms with Gasteiger partial charge in [-0.05, 0) is 6.07 Å². The molecule has 2 heterocycles. The Labute approximate surface area is 111 Å². The van der Waals surface area contributed by atoms with Gasteiger partial charge >= 0.3 is 0 Å². The number of halogens is 1. The molecule has 0 aliphatic carbocycles. The molecule has 1 aromatic carbocycles. The minimum absolute atomic E-state index is 0.710. The molecule has 0 unspecified atom stereocenters. The fourth-order valence-electron chi connectivity index (χ4n) is 1.59. The third-order valence-electron chi connectivity index (χ3n) is 2.39. The van der Waals surface area contributed by atoms with E-state index in [0.29, 0.717) is 6.54 Å². The SMILES string of the molecule is Clc1c(CNc2cnns2)sc2ccccc12. The van der Waals surface area contributed by atoms with Crippen molar-refractivity contribution in [2.45, 2.75) is 6.54 Å². The Morgan fingerprint density at radius 2 is 2.18 bits per heavy atom. The molecule has 0 fully saturated rings. The Bertz CT molecular complexity index is 633. The molecule has 0 aliphatic heterocycles. The average Bonchev–Trinajstić information content (AvgIpc) is 2.96. The molecule has 0 amide bonds. The number of rotatable bonds is 3. The number of anilines is 1. The molecule has 86 valence electrons. The maximum atomic E-state index is 6.34. The van der Waals surface area contributed by atoms with E-state index in [0.717, 1.165) is 20.3 Å². The topological polar surface area (TPSA) is 37.8 Å². The summed E-state index contributed by atoms with van der Waals surface area (Å²) in [4.78, 5) is 1.14. The van der Waals surface area contributed by atoms with Gasteiger partial charge in [-0.2, -0.15) is 0 Å². The number of thiophene rings is 1. The van der Waals surface area contributed by atoms with Gasteiger partial charge in [0.05, 0.1) is 17.8 Å². The molecule has 1 N–H and O–H groups in total. The molecule has 0 aliphatic rings. The summed E-state index contributed by atoms with van der Waals surface area (Å²) in [6.45, 7) is 0.710. The van der Waals surface area contributed by atoms with Gasteiger partial charge in [-0.3, -0.25) is 0 Å². The number of aromatic nitrogens is 2. The van der Waals surface area contributed by atoms with E-state index in [1.807, 2.05) is 18.2 Å². The van der Waals surface area contributed by atoms with E-state index in [4.69, 9.17) is 11.6 Å². The first kappa shape index (κ1) is 11.0. The van der Waals surface area contributed by atoms with Crippen molar-refractivity contribution in [3.63, 3.8) is 0 Å². The van der Waals surface area contributed by atoms with Gasteiger partial charge in [-0.1, -0.05) is 34.3 Å². The van der Waals surface area contributed by atoms with Gasteiger partial charge in [0.15, 0.2) is 0 Å². The van der Waals surface area contributed by atoms with Gasteiger partial charge in [-0.15, -0.1) is 16.4 Å². The zero-order valence-corrected chi connectivity index (χ0v) is 11.1. The molecule has 0 saturated carbocycles. The minimum atomic E-state index is 0.710. The van der Waals surface area contributed by atoms with Crippen LogP contribution < -0.4 is 5.32 Å². The highest BCUT2D eigenvalue weighted by molar-refractivity contribution is 7.19. The summed E-state index contributed by atoms with van der Waals surface area (Å²) >= 11 is 9.40. The van der Waals surface area contributed by atoms with Gasteiger partial charge in [0.2, 0.25) is 0 Å². The summed E-state index contributed by atoms with van der Waals surface area (Å²) in [5, 5.41) is 9.96. The Morgan fingerprint density at radius 3 is 2.94 bits per heavy atom. The van der Waals surface area contributed by atoms with Crippen LogP contribution in [0.5, 0.6) is 0 Å². The second-order valence-electron chi connectivity index (χ2n) is 3.47. The Balaban J connectivity index is 1.88. The van der Waals surface area contributed by atoms with Gasteiger partial charge < -0.3 is 5.32 Å². The van der Waals surface area contributed by atoms with E-state index in [1.54, 1.807) is 17.5 Å². The summed E-state index contributed by atoms with van der Waals surface area (Å²) in [7, 11) is 0. The van der Waals surface area contributed by atoms with Crippen LogP contribution >= 0.6 is 34.5 Å². The van der Waals surface area contributed by atoms with Crippen LogP contribution in [0.15, 0.2) is 30.5 Å². The molecule has 17 heavy (non-hydrogen) atoms. The molecule has 3 nitrogen and oxygen atoms in total. The summed E-state index contributed by atoms with van der Waals surface area (Å²) in [6, 6.07) is 8.17. The van der Waals surface area contributed by atoms with E-state index in [-0.39, 0.29) is 0 Å². The highest BCUT2D eigenvalue weighted by Crippen LogP contribution is 2.35. The number of hydrogen-bond donors (Lipinski definition) is 1. The van der Waals surface area contributed by atoms with Crippen molar-refractivity contribution in [1.82, 2.24) is 9.59 Å². The van der Waals surface area contributed by atoms with E-state index in [2.05, 4.69) is 21.0 Å². The van der Waals surface area contributed by atoms with E-state index in [9.17, 15) is 0 Å². The quantitative estimate of drug-likeness (QED) is 0.788. The molecule has 3 rings (SSSR count). The van der Waals surface area contributed by atoms with Crippen LogP contribution in [0.1, 0.15) is 4.88 Å². The highest BCUT2D eigenvalue weighted by Gasteiger charge is 2.09. The van der Waals surface area contributed by atoms with Crippen molar-refractivity contribution in [2.24, 2.45) is 0 Å². The summed E-state index contributed by atoms with van der Waals surface area (Å²) in [5.74, 6) is 0. The molecule has 0 atom stereocenters. The monoisotopic (exact) mass is 281 g/mol. The van der Waals surface area contributed by atoms with Crippen LogP contribution in [-0.4, -0.2) is 9.59 Å². The normalized spacial score (nSPS) is 10.9. The number of hydrogen-bond acceptors (Lipinski definition) is 5. The number of nitrogens with one attached hydrogen (secondary N) is 1. The average molecular weight is 282 g/mol. The van der Waals surface area contributed by atoms with Crippen LogP contribution in [0, 0.1) is 0 Å². The van der Waals surface area contributed by atoms with Crippen molar-refractivity contribution in [3.8, 4) is 0 Å². The predicted octanol–water partition coefficient (Wildman–Crippen LogP) is 4.02. The molecule has 3 aromatic rings. The Kier molecular flexibility index (Phi) is 2.96. The lowest BCUT2D eigenvalue weighted by molar-refractivity contribution is 1.15. The zero-order valence-electron chi connectivity index (χ0n) is 8.68. The first-order valence-corrected chi connectivity index (χ1v) is 6.98. The van der Waals surface area contributed by atoms with Gasteiger partial charge in [-0.25, -0.2) is 0 Å². The largest absolute Gasteiger partial charge is 0.369 e. The molecular formula is C11H8ClN3S2. The second kappa shape index (κ2) is 4.60. The van der Waals surface area contributed by atoms with Crippen molar-refractivity contribution < 1.29 is 0 Å². The lowest BCUT2D eigenvalue weighted by Crippen LogP contribution is -1.95. The summed E-state index contributed by atoms with van der Waals surface area (Å²) < 4.78 is 5.02. The Hall–Kier alpha value is -1.17. The highest BCUT2D eigenvalue weighted by atomic mass is 35.5. The van der Waals surface area contributed by atoms with Crippen LogP contribution in [0.2, 0.25) is 5.02 Å². The number of nitrogens with zero attached hydrogens (tertiary/aromatic N) is 2. The smallest absolute Gasteiger partial charge is 0.130 e. The standard InChI is InChI=1S/C11H8ClN3S2/c12-11-7-3-1-2-4-8(7)16-9(11)5-13-10-6-14-15-17-10/h1-4,6,13H,5H2.